The largest absolute Gasteiger partial charge is 0.462 e. The van der Waals surface area contributed by atoms with Gasteiger partial charge in [-0.3, -0.25) is 14.4 Å². The highest BCUT2D eigenvalue weighted by molar-refractivity contribution is 5.71. The lowest BCUT2D eigenvalue weighted by Crippen LogP contribution is -2.30. The lowest BCUT2D eigenvalue weighted by Gasteiger charge is -2.18. The first-order valence-corrected chi connectivity index (χ1v) is 32.4. The minimum atomic E-state index is -0.783. The first kappa shape index (κ1) is 73.1. The zero-order valence-corrected chi connectivity index (χ0v) is 50.4. The van der Waals surface area contributed by atoms with Crippen LogP contribution in [0, 0.1) is 0 Å². The Morgan fingerprint density at radius 2 is 0.506 bits per heavy atom. The SMILES string of the molecule is CC/C=C\C/C=C\C/C=C\C/C=C\C/C=C\CCCCCCCCCCCCCCCCCCCC(=O)OCC(COC(=O)CCCCCCCCC)OC(=O)CCCCCCCC/C=C\C/C=C\C/C=C\C/C=C\CC. The Bertz CT molecular complexity index is 1560. The number of rotatable bonds is 58. The average Bonchev–Trinajstić information content (AvgIpc) is 3.43. The molecule has 0 aromatic rings. The Hall–Kier alpha value is -3.93. The van der Waals surface area contributed by atoms with Crippen molar-refractivity contribution in [3.8, 4) is 0 Å². The van der Waals surface area contributed by atoms with Gasteiger partial charge < -0.3 is 14.2 Å². The molecule has 0 aromatic carbocycles. The average molecular weight is 1070 g/mol. The van der Waals surface area contributed by atoms with Gasteiger partial charge in [0, 0.05) is 19.3 Å². The van der Waals surface area contributed by atoms with Gasteiger partial charge in [-0.05, 0) is 103 Å². The molecule has 0 fully saturated rings. The van der Waals surface area contributed by atoms with Crippen LogP contribution >= 0.6 is 0 Å². The molecule has 1 unspecified atom stereocenters. The molecule has 440 valence electrons. The first-order valence-electron chi connectivity index (χ1n) is 32.4. The maximum absolute atomic E-state index is 12.8. The summed E-state index contributed by atoms with van der Waals surface area (Å²) in [7, 11) is 0. The van der Waals surface area contributed by atoms with Crippen molar-refractivity contribution in [2.75, 3.05) is 13.2 Å². The second-order valence-electron chi connectivity index (χ2n) is 21.3. The summed E-state index contributed by atoms with van der Waals surface area (Å²) in [6.07, 6.45) is 88.5. The van der Waals surface area contributed by atoms with Crippen molar-refractivity contribution in [1.29, 1.82) is 0 Å². The summed E-state index contributed by atoms with van der Waals surface area (Å²) in [6.45, 7) is 6.38. The van der Waals surface area contributed by atoms with E-state index >= 15 is 0 Å². The molecule has 0 amide bonds. The Kier molecular flexibility index (Phi) is 61.3. The predicted octanol–water partition coefficient (Wildman–Crippen LogP) is 22.2. The fourth-order valence-corrected chi connectivity index (χ4v) is 8.99. The molecule has 0 saturated carbocycles. The highest BCUT2D eigenvalue weighted by Gasteiger charge is 2.19. The molecule has 0 aromatic heterocycles. The van der Waals surface area contributed by atoms with Gasteiger partial charge in [-0.15, -0.1) is 0 Å². The standard InChI is InChI=1S/C71H120O6/c1-4-7-10-13-16-18-20-22-24-26-28-29-30-31-32-33-34-35-36-37-38-39-40-41-43-44-46-48-50-52-55-58-61-64-70(73)76-67-68(66-75-69(72)63-60-57-54-15-12-9-6-3)77-71(74)65-62-59-56-53-51-49-47-45-42-27-25-23-21-19-17-14-11-8-5-2/h7-8,10-11,16-19,22-25,28-29,31-32,42,45,68H,4-6,9,12-15,20-21,26-27,30,33-41,43-44,46-67H2,1-3H3/b10-7-,11-8-,18-16-,19-17-,24-22-,25-23-,29-28-,32-31-,45-42-. The molecular formula is C71H120O6. The molecule has 0 aliphatic heterocycles. The van der Waals surface area contributed by atoms with E-state index in [2.05, 4.69) is 130 Å². The van der Waals surface area contributed by atoms with Crippen LogP contribution in [0.2, 0.25) is 0 Å². The van der Waals surface area contributed by atoms with Crippen LogP contribution in [0.5, 0.6) is 0 Å². The summed E-state index contributed by atoms with van der Waals surface area (Å²) in [5.41, 5.74) is 0. The van der Waals surface area contributed by atoms with E-state index < -0.39 is 6.10 Å². The van der Waals surface area contributed by atoms with E-state index in [0.717, 1.165) is 128 Å². The van der Waals surface area contributed by atoms with E-state index in [9.17, 15) is 14.4 Å². The lowest BCUT2D eigenvalue weighted by molar-refractivity contribution is -0.167. The molecule has 0 bridgehead atoms. The maximum Gasteiger partial charge on any atom is 0.306 e. The van der Waals surface area contributed by atoms with Crippen LogP contribution in [0.4, 0.5) is 0 Å². The van der Waals surface area contributed by atoms with Crippen molar-refractivity contribution in [3.05, 3.63) is 109 Å². The van der Waals surface area contributed by atoms with Crippen molar-refractivity contribution in [2.24, 2.45) is 0 Å². The van der Waals surface area contributed by atoms with Gasteiger partial charge in [0.25, 0.3) is 0 Å². The fraction of sp³-hybridized carbons (Fsp3) is 0.704. The van der Waals surface area contributed by atoms with Gasteiger partial charge in [-0.2, -0.15) is 0 Å². The van der Waals surface area contributed by atoms with Crippen molar-refractivity contribution in [3.63, 3.8) is 0 Å². The van der Waals surface area contributed by atoms with E-state index in [-0.39, 0.29) is 31.1 Å². The van der Waals surface area contributed by atoms with Gasteiger partial charge in [-0.1, -0.05) is 291 Å². The van der Waals surface area contributed by atoms with Crippen molar-refractivity contribution >= 4 is 17.9 Å². The molecule has 0 rings (SSSR count). The maximum atomic E-state index is 12.8. The van der Waals surface area contributed by atoms with Crippen molar-refractivity contribution in [2.45, 2.75) is 309 Å². The summed E-state index contributed by atoms with van der Waals surface area (Å²) in [5, 5.41) is 0. The zero-order valence-electron chi connectivity index (χ0n) is 50.4. The molecule has 1 atom stereocenters. The number of ether oxygens (including phenoxy) is 3. The highest BCUT2D eigenvalue weighted by Crippen LogP contribution is 2.17. The molecule has 0 saturated heterocycles. The van der Waals surface area contributed by atoms with Gasteiger partial charge in [0.2, 0.25) is 0 Å². The Morgan fingerprint density at radius 3 is 0.792 bits per heavy atom. The minimum Gasteiger partial charge on any atom is -0.462 e. The topological polar surface area (TPSA) is 78.9 Å². The van der Waals surface area contributed by atoms with Crippen LogP contribution in [0.15, 0.2) is 109 Å². The van der Waals surface area contributed by atoms with E-state index in [0.29, 0.717) is 19.3 Å². The third-order valence-corrected chi connectivity index (χ3v) is 13.8. The summed E-state index contributed by atoms with van der Waals surface area (Å²) in [4.78, 5) is 38.1. The number of carbonyl (C=O) groups excluding carboxylic acids is 3. The van der Waals surface area contributed by atoms with Crippen LogP contribution in [0.3, 0.4) is 0 Å². The Labute approximate surface area is 476 Å². The summed E-state index contributed by atoms with van der Waals surface area (Å²) < 4.78 is 16.8. The molecular weight excluding hydrogens is 949 g/mol. The van der Waals surface area contributed by atoms with E-state index in [4.69, 9.17) is 14.2 Å². The van der Waals surface area contributed by atoms with Crippen LogP contribution in [-0.4, -0.2) is 37.2 Å². The quantitative estimate of drug-likeness (QED) is 0.0261. The molecule has 0 radical (unpaired) electrons. The fourth-order valence-electron chi connectivity index (χ4n) is 8.99. The predicted molar refractivity (Wildman–Crippen MR) is 334 cm³/mol. The number of unbranched alkanes of at least 4 members (excludes halogenated alkanes) is 29. The number of hydrogen-bond acceptors (Lipinski definition) is 6. The number of hydrogen-bond donors (Lipinski definition) is 0. The third kappa shape index (κ3) is 62.8. The lowest BCUT2D eigenvalue weighted by atomic mass is 10.0. The molecule has 0 spiro atoms. The Balaban J connectivity index is 4.06. The first-order chi connectivity index (χ1) is 38.0. The minimum absolute atomic E-state index is 0.0813. The monoisotopic (exact) mass is 1070 g/mol. The van der Waals surface area contributed by atoms with E-state index in [1.54, 1.807) is 0 Å². The second-order valence-corrected chi connectivity index (χ2v) is 21.3. The summed E-state index contributed by atoms with van der Waals surface area (Å²) >= 11 is 0. The molecule has 6 nitrogen and oxygen atoms in total. The van der Waals surface area contributed by atoms with Gasteiger partial charge in [0.1, 0.15) is 13.2 Å². The normalized spacial score (nSPS) is 12.8. The number of carbonyl (C=O) groups is 3. The van der Waals surface area contributed by atoms with Gasteiger partial charge in [0.15, 0.2) is 6.10 Å². The van der Waals surface area contributed by atoms with Crippen LogP contribution < -0.4 is 0 Å². The van der Waals surface area contributed by atoms with Crippen LogP contribution in [0.25, 0.3) is 0 Å². The molecule has 0 aliphatic carbocycles. The second kappa shape index (κ2) is 64.6. The number of esters is 3. The molecule has 77 heavy (non-hydrogen) atoms. The van der Waals surface area contributed by atoms with Gasteiger partial charge in [-0.25, -0.2) is 0 Å². The van der Waals surface area contributed by atoms with Gasteiger partial charge in [0.05, 0.1) is 0 Å². The van der Waals surface area contributed by atoms with Crippen molar-refractivity contribution in [1.82, 2.24) is 0 Å². The molecule has 6 heteroatoms. The zero-order chi connectivity index (χ0) is 55.7. The summed E-state index contributed by atoms with van der Waals surface area (Å²) in [6, 6.07) is 0. The molecule has 0 N–H and O–H groups in total. The van der Waals surface area contributed by atoms with E-state index in [1.165, 1.54) is 135 Å². The van der Waals surface area contributed by atoms with Crippen LogP contribution in [-0.2, 0) is 28.6 Å². The summed E-state index contributed by atoms with van der Waals surface area (Å²) in [5.74, 6) is -0.894. The highest BCUT2D eigenvalue weighted by atomic mass is 16.6. The molecule has 0 heterocycles. The Morgan fingerprint density at radius 1 is 0.273 bits per heavy atom. The van der Waals surface area contributed by atoms with Crippen LogP contribution in [0.1, 0.15) is 303 Å². The smallest absolute Gasteiger partial charge is 0.306 e. The van der Waals surface area contributed by atoms with E-state index in [1.807, 2.05) is 0 Å². The third-order valence-electron chi connectivity index (χ3n) is 13.8. The van der Waals surface area contributed by atoms with Gasteiger partial charge >= 0.3 is 17.9 Å². The van der Waals surface area contributed by atoms with Crippen molar-refractivity contribution < 1.29 is 28.6 Å². The number of allylic oxidation sites excluding steroid dienone is 18. The molecule has 0 aliphatic rings.